The lowest BCUT2D eigenvalue weighted by atomic mass is 10.1. The van der Waals surface area contributed by atoms with Gasteiger partial charge in [-0.2, -0.15) is 0 Å². The Morgan fingerprint density at radius 3 is 2.53 bits per heavy atom. The molecule has 0 aromatic carbocycles. The van der Waals surface area contributed by atoms with Gasteiger partial charge in [-0.05, 0) is 47.0 Å². The molecule has 1 heterocycles. The second-order valence-corrected chi connectivity index (χ2v) is 6.83. The van der Waals surface area contributed by atoms with Crippen LogP contribution in [0, 0.1) is 0 Å². The van der Waals surface area contributed by atoms with E-state index in [2.05, 4.69) is 24.1 Å². The molecule has 0 aromatic rings. The molecule has 3 atom stereocenters. The van der Waals surface area contributed by atoms with Gasteiger partial charge in [-0.25, -0.2) is 0 Å². The van der Waals surface area contributed by atoms with Gasteiger partial charge in [0.05, 0.1) is 0 Å². The third-order valence-corrected chi connectivity index (χ3v) is 3.95. The van der Waals surface area contributed by atoms with Gasteiger partial charge in [0.1, 0.15) is 0 Å². The van der Waals surface area contributed by atoms with Crippen molar-refractivity contribution in [2.75, 3.05) is 6.54 Å². The summed E-state index contributed by atoms with van der Waals surface area (Å²) >= 11 is 0. The zero-order chi connectivity index (χ0) is 14.6. The first-order valence-corrected chi connectivity index (χ1v) is 7.57. The normalized spacial score (nSPS) is 26.4. The molecule has 0 aliphatic carbocycles. The van der Waals surface area contributed by atoms with Gasteiger partial charge in [0, 0.05) is 36.6 Å². The van der Waals surface area contributed by atoms with Crippen LogP contribution in [0.1, 0.15) is 60.3 Å². The fourth-order valence-electron chi connectivity index (χ4n) is 3.16. The fourth-order valence-corrected chi connectivity index (χ4v) is 3.16. The van der Waals surface area contributed by atoms with Crippen LogP contribution in [0.2, 0.25) is 0 Å². The zero-order valence-corrected chi connectivity index (χ0v) is 13.2. The highest BCUT2D eigenvalue weighted by Gasteiger charge is 2.35. The van der Waals surface area contributed by atoms with Crippen LogP contribution in [0.25, 0.3) is 0 Å². The SMILES string of the molecule is CCC1CCC(C)N1C(CN)CC(=O)NC(C)(C)C. The Hall–Kier alpha value is -0.610. The number of rotatable bonds is 5. The second-order valence-electron chi connectivity index (χ2n) is 6.83. The van der Waals surface area contributed by atoms with Crippen LogP contribution in [0.4, 0.5) is 0 Å². The minimum atomic E-state index is -0.170. The van der Waals surface area contributed by atoms with E-state index in [9.17, 15) is 4.79 Å². The molecular weight excluding hydrogens is 238 g/mol. The van der Waals surface area contributed by atoms with E-state index in [1.807, 2.05) is 20.8 Å². The third-order valence-electron chi connectivity index (χ3n) is 3.95. The molecule has 3 unspecified atom stereocenters. The van der Waals surface area contributed by atoms with Gasteiger partial charge in [0.25, 0.3) is 0 Å². The number of carbonyl (C=O) groups is 1. The molecule has 0 spiro atoms. The Morgan fingerprint density at radius 2 is 2.05 bits per heavy atom. The number of likely N-dealkylation sites (tertiary alicyclic amines) is 1. The Bertz CT molecular complexity index is 298. The van der Waals surface area contributed by atoms with Gasteiger partial charge < -0.3 is 11.1 Å². The van der Waals surface area contributed by atoms with Crippen LogP contribution in [0.15, 0.2) is 0 Å². The fraction of sp³-hybridized carbons (Fsp3) is 0.933. The standard InChI is InChI=1S/C15H31N3O/c1-6-12-8-7-11(2)18(12)13(10-16)9-14(19)17-15(3,4)5/h11-13H,6-10,16H2,1-5H3,(H,17,19). The zero-order valence-electron chi connectivity index (χ0n) is 13.2. The maximum Gasteiger partial charge on any atom is 0.222 e. The van der Waals surface area contributed by atoms with Gasteiger partial charge in [-0.3, -0.25) is 9.69 Å². The summed E-state index contributed by atoms with van der Waals surface area (Å²) in [5.41, 5.74) is 5.75. The van der Waals surface area contributed by atoms with Gasteiger partial charge >= 0.3 is 0 Å². The van der Waals surface area contributed by atoms with Crippen LogP contribution in [-0.2, 0) is 4.79 Å². The van der Waals surface area contributed by atoms with Crippen LogP contribution in [-0.4, -0.2) is 41.0 Å². The van der Waals surface area contributed by atoms with E-state index < -0.39 is 0 Å². The minimum Gasteiger partial charge on any atom is -0.351 e. The Labute approximate surface area is 118 Å². The average molecular weight is 269 g/mol. The lowest BCUT2D eigenvalue weighted by Crippen LogP contribution is -2.50. The number of hydrogen-bond acceptors (Lipinski definition) is 3. The third kappa shape index (κ3) is 4.77. The van der Waals surface area contributed by atoms with Crippen molar-refractivity contribution < 1.29 is 4.79 Å². The van der Waals surface area contributed by atoms with Crippen molar-refractivity contribution in [3.05, 3.63) is 0 Å². The molecule has 1 aliphatic heterocycles. The number of nitrogens with two attached hydrogens (primary N) is 1. The minimum absolute atomic E-state index is 0.108. The molecule has 0 saturated carbocycles. The second kappa shape index (κ2) is 6.71. The van der Waals surface area contributed by atoms with Crippen molar-refractivity contribution in [2.24, 2.45) is 5.73 Å². The van der Waals surface area contributed by atoms with E-state index in [-0.39, 0.29) is 17.5 Å². The summed E-state index contributed by atoms with van der Waals surface area (Å²) in [6.45, 7) is 11.1. The Balaban J connectivity index is 2.64. The van der Waals surface area contributed by atoms with E-state index >= 15 is 0 Å². The topological polar surface area (TPSA) is 58.4 Å². The summed E-state index contributed by atoms with van der Waals surface area (Å²) in [7, 11) is 0. The molecule has 1 fully saturated rings. The first-order valence-electron chi connectivity index (χ1n) is 7.57. The van der Waals surface area contributed by atoms with E-state index in [0.29, 0.717) is 25.0 Å². The summed E-state index contributed by atoms with van der Waals surface area (Å²) in [4.78, 5) is 14.6. The number of amides is 1. The lowest BCUT2D eigenvalue weighted by Gasteiger charge is -2.35. The van der Waals surface area contributed by atoms with Gasteiger partial charge in [-0.1, -0.05) is 6.92 Å². The highest BCUT2D eigenvalue weighted by atomic mass is 16.1. The number of carbonyl (C=O) groups excluding carboxylic acids is 1. The summed E-state index contributed by atoms with van der Waals surface area (Å²) < 4.78 is 0. The summed E-state index contributed by atoms with van der Waals surface area (Å²) in [5.74, 6) is 0.108. The molecule has 1 saturated heterocycles. The van der Waals surface area contributed by atoms with Crippen LogP contribution in [0.5, 0.6) is 0 Å². The molecule has 0 bridgehead atoms. The van der Waals surface area contributed by atoms with E-state index in [0.717, 1.165) is 6.42 Å². The van der Waals surface area contributed by atoms with Gasteiger partial charge in [0.15, 0.2) is 0 Å². The lowest BCUT2D eigenvalue weighted by molar-refractivity contribution is -0.124. The smallest absolute Gasteiger partial charge is 0.222 e. The molecule has 0 radical (unpaired) electrons. The van der Waals surface area contributed by atoms with Crippen molar-refractivity contribution in [1.29, 1.82) is 0 Å². The molecule has 0 aromatic heterocycles. The van der Waals surface area contributed by atoms with Crippen LogP contribution < -0.4 is 11.1 Å². The van der Waals surface area contributed by atoms with Crippen molar-refractivity contribution in [2.45, 2.75) is 84.0 Å². The summed E-state index contributed by atoms with van der Waals surface area (Å²) in [6, 6.07) is 1.30. The van der Waals surface area contributed by atoms with Gasteiger partial charge in [-0.15, -0.1) is 0 Å². The molecule has 3 N–H and O–H groups in total. The van der Waals surface area contributed by atoms with E-state index in [4.69, 9.17) is 5.73 Å². The molecule has 112 valence electrons. The van der Waals surface area contributed by atoms with Crippen molar-refractivity contribution in [3.63, 3.8) is 0 Å². The maximum atomic E-state index is 12.1. The number of nitrogens with zero attached hydrogens (tertiary/aromatic N) is 1. The van der Waals surface area contributed by atoms with E-state index in [1.54, 1.807) is 0 Å². The first kappa shape index (κ1) is 16.4. The largest absolute Gasteiger partial charge is 0.351 e. The Morgan fingerprint density at radius 1 is 1.42 bits per heavy atom. The molecule has 1 rings (SSSR count). The van der Waals surface area contributed by atoms with Crippen LogP contribution >= 0.6 is 0 Å². The molecule has 4 nitrogen and oxygen atoms in total. The van der Waals surface area contributed by atoms with Gasteiger partial charge in [0.2, 0.25) is 5.91 Å². The highest BCUT2D eigenvalue weighted by Crippen LogP contribution is 2.29. The van der Waals surface area contributed by atoms with Crippen LogP contribution in [0.3, 0.4) is 0 Å². The molecule has 4 heteroatoms. The summed E-state index contributed by atoms with van der Waals surface area (Å²) in [5, 5.41) is 3.03. The number of nitrogens with one attached hydrogen (secondary N) is 1. The quantitative estimate of drug-likeness (QED) is 0.801. The monoisotopic (exact) mass is 269 g/mol. The van der Waals surface area contributed by atoms with Crippen molar-refractivity contribution in [1.82, 2.24) is 10.2 Å². The predicted molar refractivity (Wildman–Crippen MR) is 80.0 cm³/mol. The highest BCUT2D eigenvalue weighted by molar-refractivity contribution is 5.77. The molecule has 1 amide bonds. The molecular formula is C15H31N3O. The predicted octanol–water partition coefficient (Wildman–Crippen LogP) is 1.88. The molecule has 19 heavy (non-hydrogen) atoms. The number of hydrogen-bond donors (Lipinski definition) is 2. The van der Waals surface area contributed by atoms with Crippen molar-refractivity contribution >= 4 is 5.91 Å². The first-order chi connectivity index (χ1) is 8.78. The average Bonchev–Trinajstić information content (AvgIpc) is 2.65. The van der Waals surface area contributed by atoms with E-state index in [1.165, 1.54) is 12.8 Å². The maximum absolute atomic E-state index is 12.1. The molecule has 1 aliphatic rings. The summed E-state index contributed by atoms with van der Waals surface area (Å²) in [6.07, 6.45) is 4.10. The van der Waals surface area contributed by atoms with Crippen molar-refractivity contribution in [3.8, 4) is 0 Å². The Kier molecular flexibility index (Phi) is 5.81.